The van der Waals surface area contributed by atoms with Crippen LogP contribution in [0.1, 0.15) is 35.4 Å². The first-order valence-corrected chi connectivity index (χ1v) is 11.4. The van der Waals surface area contributed by atoms with Crippen molar-refractivity contribution in [1.29, 1.82) is 0 Å². The highest BCUT2D eigenvalue weighted by Gasteiger charge is 2.34. The Morgan fingerprint density at radius 1 is 1.03 bits per heavy atom. The highest BCUT2D eigenvalue weighted by Crippen LogP contribution is 2.29. The minimum Gasteiger partial charge on any atom is -0.478 e. The fourth-order valence-corrected chi connectivity index (χ4v) is 4.84. The van der Waals surface area contributed by atoms with Gasteiger partial charge >= 0.3 is 6.18 Å². The molecule has 2 aromatic heterocycles. The number of anilines is 1. The van der Waals surface area contributed by atoms with Gasteiger partial charge in [-0.15, -0.1) is 0 Å². The van der Waals surface area contributed by atoms with Crippen LogP contribution < -0.4 is 9.64 Å². The molecule has 0 spiro atoms. The predicted octanol–water partition coefficient (Wildman–Crippen LogP) is 2.51. The van der Waals surface area contributed by atoms with Gasteiger partial charge in [0.25, 0.3) is 5.91 Å². The second kappa shape index (κ2) is 8.85. The largest absolute Gasteiger partial charge is 0.478 e. The van der Waals surface area contributed by atoms with Crippen molar-refractivity contribution in [1.82, 2.24) is 24.6 Å². The highest BCUT2D eigenvalue weighted by molar-refractivity contribution is 5.92. The number of hydrogen-bond donors (Lipinski definition) is 0. The maximum Gasteiger partial charge on any atom is 0.433 e. The lowest BCUT2D eigenvalue weighted by Crippen LogP contribution is -2.54. The molecule has 3 aliphatic rings. The van der Waals surface area contributed by atoms with E-state index in [2.05, 4.69) is 15.0 Å². The van der Waals surface area contributed by atoms with Crippen molar-refractivity contribution in [2.24, 2.45) is 0 Å². The summed E-state index contributed by atoms with van der Waals surface area (Å²) in [5.74, 6) is 0.976. The zero-order valence-electron chi connectivity index (χ0n) is 18.3. The summed E-state index contributed by atoms with van der Waals surface area (Å²) in [6.45, 7) is 5.56. The van der Waals surface area contributed by atoms with E-state index in [1.807, 2.05) is 9.80 Å². The molecule has 0 aliphatic carbocycles. The summed E-state index contributed by atoms with van der Waals surface area (Å²) in [6, 6.07) is 6.14. The number of amides is 1. The molecule has 0 aromatic carbocycles. The maximum atomic E-state index is 13.0. The molecule has 5 heterocycles. The number of fused-ring (bicyclic) bond motifs is 1. The van der Waals surface area contributed by atoms with Crippen LogP contribution in [-0.4, -0.2) is 82.4 Å². The summed E-state index contributed by atoms with van der Waals surface area (Å²) < 4.78 is 46.2. The number of rotatable bonds is 3. The van der Waals surface area contributed by atoms with E-state index in [-0.39, 0.29) is 5.91 Å². The predicted molar refractivity (Wildman–Crippen MR) is 114 cm³/mol. The normalized spacial score (nSPS) is 20.5. The molecule has 33 heavy (non-hydrogen) atoms. The lowest BCUT2D eigenvalue weighted by molar-refractivity contribution is -0.141. The third kappa shape index (κ3) is 4.64. The number of piperidine rings is 1. The number of hydrogen-bond acceptors (Lipinski definition) is 6. The zero-order chi connectivity index (χ0) is 23.0. The molecule has 3 aliphatic heterocycles. The van der Waals surface area contributed by atoms with Crippen LogP contribution in [-0.2, 0) is 12.7 Å². The maximum absolute atomic E-state index is 13.0. The van der Waals surface area contributed by atoms with E-state index in [1.165, 1.54) is 6.07 Å². The van der Waals surface area contributed by atoms with E-state index in [0.717, 1.165) is 45.0 Å². The number of pyridine rings is 1. The van der Waals surface area contributed by atoms with Gasteiger partial charge in [-0.25, -0.2) is 9.67 Å². The lowest BCUT2D eigenvalue weighted by Gasteiger charge is -2.43. The third-order valence-electron chi connectivity index (χ3n) is 6.66. The van der Waals surface area contributed by atoms with Gasteiger partial charge in [-0.05, 0) is 25.0 Å². The van der Waals surface area contributed by atoms with E-state index < -0.39 is 11.9 Å². The summed E-state index contributed by atoms with van der Waals surface area (Å²) in [6.07, 6.45) is -1.80. The SMILES string of the molecule is O=C(c1cc2n(n1)CCCO2)N1CCC(N2CCN(c3cccc(C(F)(F)F)n3)CC2)CC1. The highest BCUT2D eigenvalue weighted by atomic mass is 19.4. The van der Waals surface area contributed by atoms with Gasteiger partial charge in [-0.3, -0.25) is 9.69 Å². The lowest BCUT2D eigenvalue weighted by atomic mass is 10.0. The van der Waals surface area contributed by atoms with Crippen LogP contribution in [0, 0.1) is 0 Å². The number of carbonyl (C=O) groups is 1. The molecule has 2 saturated heterocycles. The van der Waals surface area contributed by atoms with E-state index >= 15 is 0 Å². The Morgan fingerprint density at radius 2 is 1.79 bits per heavy atom. The van der Waals surface area contributed by atoms with Crippen LogP contribution in [0.5, 0.6) is 5.88 Å². The summed E-state index contributed by atoms with van der Waals surface area (Å²) in [7, 11) is 0. The molecule has 11 heteroatoms. The second-order valence-corrected chi connectivity index (χ2v) is 8.72. The fraction of sp³-hybridized carbons (Fsp3) is 0.591. The molecule has 0 radical (unpaired) electrons. The molecule has 2 aromatic rings. The van der Waals surface area contributed by atoms with Crippen molar-refractivity contribution in [2.45, 2.75) is 38.0 Å². The number of halogens is 3. The number of aromatic nitrogens is 3. The van der Waals surface area contributed by atoms with Crippen LogP contribution in [0.4, 0.5) is 19.0 Å². The van der Waals surface area contributed by atoms with Gasteiger partial charge in [0.15, 0.2) is 5.69 Å². The molecular weight excluding hydrogens is 437 g/mol. The number of nitrogens with zero attached hydrogens (tertiary/aromatic N) is 6. The monoisotopic (exact) mass is 464 g/mol. The van der Waals surface area contributed by atoms with Gasteiger partial charge in [-0.2, -0.15) is 18.3 Å². The number of ether oxygens (including phenoxy) is 1. The molecule has 5 rings (SSSR count). The Bertz CT molecular complexity index is 971. The fourth-order valence-electron chi connectivity index (χ4n) is 4.84. The molecule has 0 saturated carbocycles. The van der Waals surface area contributed by atoms with Crippen molar-refractivity contribution >= 4 is 11.7 Å². The van der Waals surface area contributed by atoms with Crippen LogP contribution in [0.2, 0.25) is 0 Å². The molecular formula is C22H27F3N6O2. The van der Waals surface area contributed by atoms with Crippen molar-refractivity contribution in [2.75, 3.05) is 50.8 Å². The molecule has 8 nitrogen and oxygen atoms in total. The molecule has 2 fully saturated rings. The molecule has 0 unspecified atom stereocenters. The summed E-state index contributed by atoms with van der Waals surface area (Å²) in [5.41, 5.74) is -0.419. The average Bonchev–Trinajstić information content (AvgIpc) is 3.28. The van der Waals surface area contributed by atoms with E-state index in [9.17, 15) is 18.0 Å². The number of likely N-dealkylation sites (tertiary alicyclic amines) is 1. The summed E-state index contributed by atoms with van der Waals surface area (Å²) >= 11 is 0. The number of piperazine rings is 1. The quantitative estimate of drug-likeness (QED) is 0.696. The van der Waals surface area contributed by atoms with Crippen LogP contribution in [0.25, 0.3) is 0 Å². The number of alkyl halides is 3. The molecule has 1 amide bonds. The summed E-state index contributed by atoms with van der Waals surface area (Å²) in [5, 5.41) is 4.40. The summed E-state index contributed by atoms with van der Waals surface area (Å²) in [4.78, 5) is 22.8. The standard InChI is InChI=1S/C22H27F3N6O2/c23-22(24,25)18-3-1-4-19(26-18)29-12-10-28(11-13-29)16-5-8-30(9-6-16)21(32)17-15-20-31(27-17)7-2-14-33-20/h1,3-4,15-16H,2,5-14H2. The van der Waals surface area contributed by atoms with Gasteiger partial charge in [0, 0.05) is 64.3 Å². The first-order chi connectivity index (χ1) is 15.9. The van der Waals surface area contributed by atoms with Crippen molar-refractivity contribution < 1.29 is 22.7 Å². The van der Waals surface area contributed by atoms with Gasteiger partial charge < -0.3 is 14.5 Å². The van der Waals surface area contributed by atoms with Crippen LogP contribution >= 0.6 is 0 Å². The smallest absolute Gasteiger partial charge is 0.433 e. The number of aryl methyl sites for hydroxylation is 1. The molecule has 0 N–H and O–H groups in total. The minimum absolute atomic E-state index is 0.0561. The Morgan fingerprint density at radius 3 is 2.48 bits per heavy atom. The average molecular weight is 464 g/mol. The Balaban J connectivity index is 1.13. The van der Waals surface area contributed by atoms with E-state index in [4.69, 9.17) is 4.74 Å². The van der Waals surface area contributed by atoms with Crippen molar-refractivity contribution in [3.8, 4) is 5.88 Å². The van der Waals surface area contributed by atoms with E-state index in [0.29, 0.717) is 56.2 Å². The number of carbonyl (C=O) groups excluding carboxylic acids is 1. The minimum atomic E-state index is -4.44. The molecule has 178 valence electrons. The Labute approximate surface area is 189 Å². The second-order valence-electron chi connectivity index (χ2n) is 8.72. The van der Waals surface area contributed by atoms with Crippen molar-refractivity contribution in [3.63, 3.8) is 0 Å². The Kier molecular flexibility index (Phi) is 5.90. The van der Waals surface area contributed by atoms with Gasteiger partial charge in [0.05, 0.1) is 6.61 Å². The van der Waals surface area contributed by atoms with Gasteiger partial charge in [0.1, 0.15) is 11.5 Å². The van der Waals surface area contributed by atoms with Crippen LogP contribution in [0.3, 0.4) is 0 Å². The third-order valence-corrected chi connectivity index (χ3v) is 6.66. The zero-order valence-corrected chi connectivity index (χ0v) is 18.3. The van der Waals surface area contributed by atoms with E-state index in [1.54, 1.807) is 16.8 Å². The van der Waals surface area contributed by atoms with Gasteiger partial charge in [-0.1, -0.05) is 6.07 Å². The topological polar surface area (TPSA) is 66.7 Å². The first kappa shape index (κ1) is 22.0. The van der Waals surface area contributed by atoms with Gasteiger partial charge in [0.2, 0.25) is 5.88 Å². The Hall–Kier alpha value is -2.82. The molecule has 0 bridgehead atoms. The first-order valence-electron chi connectivity index (χ1n) is 11.4. The molecule has 0 atom stereocenters. The van der Waals surface area contributed by atoms with Crippen LogP contribution in [0.15, 0.2) is 24.3 Å². The van der Waals surface area contributed by atoms with Crippen molar-refractivity contribution in [3.05, 3.63) is 35.7 Å².